The predicted octanol–water partition coefficient (Wildman–Crippen LogP) is 2.01. The Bertz CT molecular complexity index is 509. The van der Waals surface area contributed by atoms with Gasteiger partial charge in [-0.15, -0.1) is 0 Å². The van der Waals surface area contributed by atoms with Gasteiger partial charge in [-0.25, -0.2) is 4.98 Å². The Balaban J connectivity index is 1.99. The van der Waals surface area contributed by atoms with Gasteiger partial charge in [0.15, 0.2) is 5.89 Å². The maximum absolute atomic E-state index is 12.4. The summed E-state index contributed by atoms with van der Waals surface area (Å²) in [5.41, 5.74) is 0.611. The molecular formula is C14H20N2O4. The molecule has 1 unspecified atom stereocenters. The highest BCUT2D eigenvalue weighted by Crippen LogP contribution is 2.23. The molecule has 2 rings (SSSR count). The number of carbonyl (C=O) groups is 2. The summed E-state index contributed by atoms with van der Waals surface area (Å²) in [6, 6.07) is 0. The molecule has 0 bridgehead atoms. The van der Waals surface area contributed by atoms with E-state index >= 15 is 0 Å². The fourth-order valence-corrected chi connectivity index (χ4v) is 2.69. The largest absolute Gasteiger partial charge is 0.481 e. The number of rotatable bonds is 4. The number of carbonyl (C=O) groups excluding carboxylic acids is 1. The zero-order valence-corrected chi connectivity index (χ0v) is 11.9. The fraction of sp³-hybridized carbons (Fsp3) is 0.643. The van der Waals surface area contributed by atoms with Crippen LogP contribution in [0.5, 0.6) is 0 Å². The molecule has 1 aromatic rings. The van der Waals surface area contributed by atoms with Crippen LogP contribution >= 0.6 is 0 Å². The van der Waals surface area contributed by atoms with E-state index in [0.29, 0.717) is 36.9 Å². The SMILES string of the molecule is Cc1nc(C)c(C(=O)N2CCCC(CCC(=O)O)C2)o1. The van der Waals surface area contributed by atoms with E-state index in [1.54, 1.807) is 18.7 Å². The highest BCUT2D eigenvalue weighted by molar-refractivity contribution is 5.92. The number of likely N-dealkylation sites (tertiary alicyclic amines) is 1. The van der Waals surface area contributed by atoms with Crippen LogP contribution in [0.3, 0.4) is 0 Å². The summed E-state index contributed by atoms with van der Waals surface area (Å²) in [6.07, 6.45) is 2.66. The van der Waals surface area contributed by atoms with E-state index in [4.69, 9.17) is 9.52 Å². The zero-order chi connectivity index (χ0) is 14.7. The number of piperidine rings is 1. The second-order valence-electron chi connectivity index (χ2n) is 5.34. The van der Waals surface area contributed by atoms with Crippen LogP contribution in [0.15, 0.2) is 4.42 Å². The Kier molecular flexibility index (Phi) is 4.42. The Labute approximate surface area is 117 Å². The molecule has 2 heterocycles. The molecule has 0 aromatic carbocycles. The third-order valence-electron chi connectivity index (χ3n) is 3.67. The van der Waals surface area contributed by atoms with Gasteiger partial charge < -0.3 is 14.4 Å². The number of carboxylic acid groups (broad SMARTS) is 1. The Morgan fingerprint density at radius 2 is 2.20 bits per heavy atom. The van der Waals surface area contributed by atoms with Crippen LogP contribution < -0.4 is 0 Å². The van der Waals surface area contributed by atoms with E-state index in [1.165, 1.54) is 0 Å². The maximum Gasteiger partial charge on any atom is 0.303 e. The molecule has 1 atom stereocenters. The lowest BCUT2D eigenvalue weighted by Crippen LogP contribution is -2.40. The number of aliphatic carboxylic acids is 1. The van der Waals surface area contributed by atoms with Crippen molar-refractivity contribution in [2.24, 2.45) is 5.92 Å². The van der Waals surface area contributed by atoms with Crippen LogP contribution in [0.4, 0.5) is 0 Å². The van der Waals surface area contributed by atoms with Gasteiger partial charge in [0.2, 0.25) is 5.76 Å². The Morgan fingerprint density at radius 1 is 1.45 bits per heavy atom. The molecule has 6 heteroatoms. The lowest BCUT2D eigenvalue weighted by molar-refractivity contribution is -0.137. The fourth-order valence-electron chi connectivity index (χ4n) is 2.69. The molecule has 1 aliphatic rings. The molecule has 1 aliphatic heterocycles. The third-order valence-corrected chi connectivity index (χ3v) is 3.67. The van der Waals surface area contributed by atoms with E-state index in [9.17, 15) is 9.59 Å². The highest BCUT2D eigenvalue weighted by atomic mass is 16.4. The lowest BCUT2D eigenvalue weighted by Gasteiger charge is -2.32. The second-order valence-corrected chi connectivity index (χ2v) is 5.34. The molecule has 6 nitrogen and oxygen atoms in total. The summed E-state index contributed by atoms with van der Waals surface area (Å²) in [6.45, 7) is 4.78. The van der Waals surface area contributed by atoms with Crippen molar-refractivity contribution in [3.8, 4) is 0 Å². The summed E-state index contributed by atoms with van der Waals surface area (Å²) in [7, 11) is 0. The van der Waals surface area contributed by atoms with Gasteiger partial charge in [0.05, 0.1) is 5.69 Å². The number of hydrogen-bond donors (Lipinski definition) is 1. The summed E-state index contributed by atoms with van der Waals surface area (Å²) >= 11 is 0. The van der Waals surface area contributed by atoms with Crippen molar-refractivity contribution in [2.45, 2.75) is 39.5 Å². The lowest BCUT2D eigenvalue weighted by atomic mass is 9.93. The van der Waals surface area contributed by atoms with Gasteiger partial charge >= 0.3 is 5.97 Å². The number of oxazole rings is 1. The van der Waals surface area contributed by atoms with E-state index in [1.807, 2.05) is 0 Å². The van der Waals surface area contributed by atoms with Crippen LogP contribution in [0.25, 0.3) is 0 Å². The van der Waals surface area contributed by atoms with Crippen LogP contribution in [0.1, 0.15) is 47.8 Å². The van der Waals surface area contributed by atoms with Crippen molar-refractivity contribution in [3.63, 3.8) is 0 Å². The summed E-state index contributed by atoms with van der Waals surface area (Å²) in [4.78, 5) is 28.9. The molecule has 0 saturated carbocycles. The highest BCUT2D eigenvalue weighted by Gasteiger charge is 2.28. The second kappa shape index (κ2) is 6.07. The van der Waals surface area contributed by atoms with E-state index < -0.39 is 5.97 Å². The van der Waals surface area contributed by atoms with Crippen LogP contribution in [0.2, 0.25) is 0 Å². The molecule has 0 radical (unpaired) electrons. The van der Waals surface area contributed by atoms with Crippen LogP contribution in [-0.2, 0) is 4.79 Å². The molecule has 1 aromatic heterocycles. The van der Waals surface area contributed by atoms with E-state index in [-0.39, 0.29) is 18.2 Å². The molecule has 1 fully saturated rings. The number of hydrogen-bond acceptors (Lipinski definition) is 4. The molecule has 110 valence electrons. The van der Waals surface area contributed by atoms with Crippen molar-refractivity contribution >= 4 is 11.9 Å². The van der Waals surface area contributed by atoms with Gasteiger partial charge in [-0.1, -0.05) is 0 Å². The number of amides is 1. The first kappa shape index (κ1) is 14.6. The third kappa shape index (κ3) is 3.37. The number of aromatic nitrogens is 1. The smallest absolute Gasteiger partial charge is 0.303 e. The standard InChI is InChI=1S/C14H20N2O4/c1-9-13(20-10(2)15-9)14(19)16-7-3-4-11(8-16)5-6-12(17)18/h11H,3-8H2,1-2H3,(H,17,18). The molecule has 1 saturated heterocycles. The summed E-state index contributed by atoms with van der Waals surface area (Å²) in [5, 5.41) is 8.73. The normalized spacial score (nSPS) is 19.1. The summed E-state index contributed by atoms with van der Waals surface area (Å²) < 4.78 is 5.37. The van der Waals surface area contributed by atoms with E-state index in [2.05, 4.69) is 4.98 Å². The Morgan fingerprint density at radius 3 is 2.80 bits per heavy atom. The minimum absolute atomic E-state index is 0.136. The van der Waals surface area contributed by atoms with Crippen molar-refractivity contribution < 1.29 is 19.1 Å². The van der Waals surface area contributed by atoms with Gasteiger partial charge in [-0.05, 0) is 32.1 Å². The quantitative estimate of drug-likeness (QED) is 0.912. The minimum Gasteiger partial charge on any atom is -0.481 e. The van der Waals surface area contributed by atoms with Gasteiger partial charge in [-0.3, -0.25) is 9.59 Å². The average molecular weight is 280 g/mol. The van der Waals surface area contributed by atoms with Crippen molar-refractivity contribution in [1.29, 1.82) is 0 Å². The molecule has 1 N–H and O–H groups in total. The van der Waals surface area contributed by atoms with Gasteiger partial charge in [0.1, 0.15) is 0 Å². The topological polar surface area (TPSA) is 83.6 Å². The van der Waals surface area contributed by atoms with E-state index in [0.717, 1.165) is 12.8 Å². The predicted molar refractivity (Wildman–Crippen MR) is 71.5 cm³/mol. The molecule has 0 spiro atoms. The van der Waals surface area contributed by atoms with Crippen LogP contribution in [-0.4, -0.2) is 40.0 Å². The molecular weight excluding hydrogens is 260 g/mol. The zero-order valence-electron chi connectivity index (χ0n) is 11.9. The van der Waals surface area contributed by atoms with Crippen molar-refractivity contribution in [2.75, 3.05) is 13.1 Å². The minimum atomic E-state index is -0.782. The monoisotopic (exact) mass is 280 g/mol. The first-order valence-electron chi connectivity index (χ1n) is 6.92. The number of carboxylic acids is 1. The molecule has 0 aliphatic carbocycles. The molecule has 1 amide bonds. The average Bonchev–Trinajstić information content (AvgIpc) is 2.75. The van der Waals surface area contributed by atoms with Gasteiger partial charge in [-0.2, -0.15) is 0 Å². The number of nitrogens with zero attached hydrogens (tertiary/aromatic N) is 2. The first-order valence-corrected chi connectivity index (χ1v) is 6.92. The first-order chi connectivity index (χ1) is 9.47. The van der Waals surface area contributed by atoms with Crippen molar-refractivity contribution in [1.82, 2.24) is 9.88 Å². The van der Waals surface area contributed by atoms with Gasteiger partial charge in [0, 0.05) is 26.4 Å². The van der Waals surface area contributed by atoms with Crippen LogP contribution in [0, 0.1) is 19.8 Å². The molecule has 20 heavy (non-hydrogen) atoms. The maximum atomic E-state index is 12.4. The Hall–Kier alpha value is -1.85. The summed E-state index contributed by atoms with van der Waals surface area (Å²) in [5.74, 6) is 0.137. The van der Waals surface area contributed by atoms with Crippen molar-refractivity contribution in [3.05, 3.63) is 17.3 Å². The number of aryl methyl sites for hydroxylation is 2. The van der Waals surface area contributed by atoms with Gasteiger partial charge in [0.25, 0.3) is 5.91 Å².